The molecular formula is C19H18ClF3N6O4S. The predicted octanol–water partition coefficient (Wildman–Crippen LogP) is 2.20. The number of urea groups is 1. The van der Waals surface area contributed by atoms with Crippen LogP contribution in [0.1, 0.15) is 33.0 Å². The molecule has 0 radical (unpaired) electrons. The molecule has 2 aromatic rings. The number of carboxylic acid groups (broad SMARTS) is 1. The number of aromatic nitrogens is 2. The van der Waals surface area contributed by atoms with Gasteiger partial charge in [-0.15, -0.1) is 11.3 Å². The Labute approximate surface area is 200 Å². The van der Waals surface area contributed by atoms with E-state index in [4.69, 9.17) is 27.2 Å². The Morgan fingerprint density at radius 3 is 2.44 bits per heavy atom. The molecule has 1 fully saturated rings. The third kappa shape index (κ3) is 8.85. The number of alkyl halides is 3. The molecule has 0 saturated carbocycles. The first-order chi connectivity index (χ1) is 16.0. The fraction of sp³-hybridized carbons (Fsp3) is 0.316. The van der Waals surface area contributed by atoms with E-state index in [1.807, 2.05) is 0 Å². The molecule has 15 heteroatoms. The lowest BCUT2D eigenvalue weighted by atomic mass is 10.1. The van der Waals surface area contributed by atoms with Gasteiger partial charge in [-0.05, 0) is 37.1 Å². The lowest BCUT2D eigenvalue weighted by Gasteiger charge is -2.23. The number of rotatable bonds is 3. The standard InChI is InChI=1S/C17H17ClN6O2S.C2HF3O2/c18-16-21-7-10(8-22-16)3-4-12-6-13(24-17(19)26)14(27-12)15(25)23-11-2-1-5-20-9-11;3-2(4,5)1(6)7/h6-8,11,20H,1-2,5,9H2,(H,23,25)(H3,19,24,26);(H,6,7)/t11-;/m0./s1. The van der Waals surface area contributed by atoms with Crippen molar-refractivity contribution in [3.63, 3.8) is 0 Å². The Kier molecular flexibility index (Phi) is 9.60. The molecule has 1 saturated heterocycles. The second-order valence-corrected chi connectivity index (χ2v) is 8.04. The molecule has 182 valence electrons. The molecule has 3 amide bonds. The van der Waals surface area contributed by atoms with Crippen LogP contribution >= 0.6 is 22.9 Å². The molecule has 2 aromatic heterocycles. The van der Waals surface area contributed by atoms with Crippen LogP contribution < -0.4 is 21.7 Å². The number of nitrogens with two attached hydrogens (primary N) is 1. The lowest BCUT2D eigenvalue weighted by Crippen LogP contribution is -2.45. The first-order valence-corrected chi connectivity index (χ1v) is 10.7. The van der Waals surface area contributed by atoms with E-state index < -0.39 is 18.2 Å². The second kappa shape index (κ2) is 12.2. The maximum atomic E-state index is 12.6. The van der Waals surface area contributed by atoms with Gasteiger partial charge in [-0.3, -0.25) is 4.79 Å². The van der Waals surface area contributed by atoms with Gasteiger partial charge in [-0.25, -0.2) is 19.6 Å². The summed E-state index contributed by atoms with van der Waals surface area (Å²) in [5, 5.41) is 16.0. The fourth-order valence-corrected chi connectivity index (χ4v) is 3.55. The van der Waals surface area contributed by atoms with Crippen molar-refractivity contribution >= 4 is 46.5 Å². The summed E-state index contributed by atoms with van der Waals surface area (Å²) in [4.78, 5) is 41.5. The molecule has 34 heavy (non-hydrogen) atoms. The van der Waals surface area contributed by atoms with Crippen LogP contribution in [-0.2, 0) is 4.79 Å². The van der Waals surface area contributed by atoms with Gasteiger partial charge in [0.15, 0.2) is 0 Å². The number of amides is 3. The Hall–Kier alpha value is -3.41. The van der Waals surface area contributed by atoms with Gasteiger partial charge in [-0.1, -0.05) is 11.8 Å². The van der Waals surface area contributed by atoms with Crippen molar-refractivity contribution in [2.75, 3.05) is 18.4 Å². The molecule has 1 aliphatic heterocycles. The van der Waals surface area contributed by atoms with Gasteiger partial charge >= 0.3 is 18.2 Å². The Bertz CT molecular complexity index is 1090. The summed E-state index contributed by atoms with van der Waals surface area (Å²) in [5.41, 5.74) is 6.13. The lowest BCUT2D eigenvalue weighted by molar-refractivity contribution is -0.192. The molecule has 10 nitrogen and oxygen atoms in total. The number of hydrogen-bond donors (Lipinski definition) is 5. The van der Waals surface area contributed by atoms with Crippen LogP contribution in [-0.4, -0.2) is 58.3 Å². The summed E-state index contributed by atoms with van der Waals surface area (Å²) in [6.07, 6.45) is -0.169. The van der Waals surface area contributed by atoms with E-state index >= 15 is 0 Å². The molecule has 0 unspecified atom stereocenters. The number of anilines is 1. The Balaban J connectivity index is 0.000000509. The highest BCUT2D eigenvalue weighted by atomic mass is 35.5. The number of primary amides is 1. The molecular weight excluding hydrogens is 501 g/mol. The highest BCUT2D eigenvalue weighted by Crippen LogP contribution is 2.27. The van der Waals surface area contributed by atoms with Gasteiger partial charge in [0.05, 0.1) is 16.1 Å². The number of nitrogens with one attached hydrogen (secondary N) is 3. The predicted molar refractivity (Wildman–Crippen MR) is 118 cm³/mol. The van der Waals surface area contributed by atoms with Crippen LogP contribution in [0.15, 0.2) is 18.5 Å². The van der Waals surface area contributed by atoms with Gasteiger partial charge in [0.2, 0.25) is 5.28 Å². The summed E-state index contributed by atoms with van der Waals surface area (Å²) in [6, 6.07) is 0.926. The number of carbonyl (C=O) groups excluding carboxylic acids is 2. The highest BCUT2D eigenvalue weighted by Gasteiger charge is 2.38. The fourth-order valence-electron chi connectivity index (χ4n) is 2.58. The van der Waals surface area contributed by atoms with Crippen molar-refractivity contribution in [1.29, 1.82) is 0 Å². The summed E-state index contributed by atoms with van der Waals surface area (Å²) in [7, 11) is 0. The van der Waals surface area contributed by atoms with Gasteiger partial charge in [-0.2, -0.15) is 13.2 Å². The van der Waals surface area contributed by atoms with Crippen molar-refractivity contribution in [3.8, 4) is 11.8 Å². The average Bonchev–Trinajstić information content (AvgIpc) is 3.16. The summed E-state index contributed by atoms with van der Waals surface area (Å²) < 4.78 is 31.7. The molecule has 1 aliphatic rings. The SMILES string of the molecule is NC(=O)Nc1cc(C#Cc2cnc(Cl)nc2)sc1C(=O)N[C@H]1CCCNC1.O=C(O)C(F)(F)F. The van der Waals surface area contributed by atoms with E-state index in [-0.39, 0.29) is 17.2 Å². The number of thiophene rings is 1. The smallest absolute Gasteiger partial charge is 0.475 e. The van der Waals surface area contributed by atoms with E-state index in [2.05, 4.69) is 37.8 Å². The van der Waals surface area contributed by atoms with Crippen LogP contribution in [0.4, 0.5) is 23.7 Å². The quantitative estimate of drug-likeness (QED) is 0.307. The second-order valence-electron chi connectivity index (χ2n) is 6.65. The number of hydrogen-bond acceptors (Lipinski definition) is 7. The monoisotopic (exact) mass is 518 g/mol. The minimum Gasteiger partial charge on any atom is -0.475 e. The number of carbonyl (C=O) groups is 3. The summed E-state index contributed by atoms with van der Waals surface area (Å²) in [5.74, 6) is 2.81. The largest absolute Gasteiger partial charge is 0.490 e. The Morgan fingerprint density at radius 2 is 1.91 bits per heavy atom. The Morgan fingerprint density at radius 1 is 1.26 bits per heavy atom. The maximum absolute atomic E-state index is 12.6. The highest BCUT2D eigenvalue weighted by molar-refractivity contribution is 7.15. The van der Waals surface area contributed by atoms with Gasteiger partial charge < -0.3 is 26.8 Å². The average molecular weight is 519 g/mol. The number of nitrogens with zero attached hydrogens (tertiary/aromatic N) is 2. The van der Waals surface area contributed by atoms with Crippen LogP contribution in [0.25, 0.3) is 0 Å². The van der Waals surface area contributed by atoms with E-state index in [9.17, 15) is 22.8 Å². The van der Waals surface area contributed by atoms with Crippen molar-refractivity contribution in [2.45, 2.75) is 25.1 Å². The first-order valence-electron chi connectivity index (χ1n) is 9.47. The van der Waals surface area contributed by atoms with E-state index in [1.165, 1.54) is 23.7 Å². The van der Waals surface area contributed by atoms with Crippen molar-refractivity contribution in [3.05, 3.63) is 39.1 Å². The van der Waals surface area contributed by atoms with Crippen LogP contribution in [0.3, 0.4) is 0 Å². The summed E-state index contributed by atoms with van der Waals surface area (Å²) in [6.45, 7) is 1.67. The normalized spacial score (nSPS) is 15.1. The van der Waals surface area contributed by atoms with Crippen molar-refractivity contribution in [2.24, 2.45) is 5.73 Å². The van der Waals surface area contributed by atoms with E-state index in [0.717, 1.165) is 25.9 Å². The minimum absolute atomic E-state index is 0.0514. The van der Waals surface area contributed by atoms with Crippen LogP contribution in [0.2, 0.25) is 5.28 Å². The zero-order chi connectivity index (χ0) is 25.3. The molecule has 6 N–H and O–H groups in total. The maximum Gasteiger partial charge on any atom is 0.490 e. The number of carboxylic acids is 1. The minimum atomic E-state index is -5.08. The zero-order valence-corrected chi connectivity index (χ0v) is 18.8. The molecule has 0 bridgehead atoms. The van der Waals surface area contributed by atoms with Gasteiger partial charge in [0.1, 0.15) is 4.88 Å². The third-order valence-electron chi connectivity index (χ3n) is 4.02. The van der Waals surface area contributed by atoms with Gasteiger partial charge in [0, 0.05) is 25.0 Å². The molecule has 1 atom stereocenters. The number of halogens is 4. The molecule has 3 heterocycles. The zero-order valence-electron chi connectivity index (χ0n) is 17.2. The van der Waals surface area contributed by atoms with Crippen molar-refractivity contribution < 1.29 is 32.7 Å². The van der Waals surface area contributed by atoms with E-state index in [1.54, 1.807) is 6.07 Å². The van der Waals surface area contributed by atoms with E-state index in [0.29, 0.717) is 21.0 Å². The topological polar surface area (TPSA) is 159 Å². The number of piperidine rings is 1. The van der Waals surface area contributed by atoms with Gasteiger partial charge in [0.25, 0.3) is 5.91 Å². The van der Waals surface area contributed by atoms with Crippen LogP contribution in [0, 0.1) is 11.8 Å². The molecule has 0 aromatic carbocycles. The number of aliphatic carboxylic acids is 1. The molecule has 0 aliphatic carbocycles. The molecule has 0 spiro atoms. The van der Waals surface area contributed by atoms with Crippen LogP contribution in [0.5, 0.6) is 0 Å². The third-order valence-corrected chi connectivity index (χ3v) is 5.27. The van der Waals surface area contributed by atoms with Crippen molar-refractivity contribution in [1.82, 2.24) is 20.6 Å². The molecule has 3 rings (SSSR count). The first kappa shape index (κ1) is 26.8. The summed E-state index contributed by atoms with van der Waals surface area (Å²) >= 11 is 6.82.